The van der Waals surface area contributed by atoms with E-state index in [0.717, 1.165) is 25.9 Å². The molecule has 0 aromatic heterocycles. The molecule has 3 heteroatoms. The van der Waals surface area contributed by atoms with Crippen molar-refractivity contribution in [1.82, 2.24) is 5.32 Å². The van der Waals surface area contributed by atoms with Gasteiger partial charge in [-0.05, 0) is 52.6 Å². The third-order valence-electron chi connectivity index (χ3n) is 2.82. The quantitative estimate of drug-likeness (QED) is 0.713. The molecule has 1 heterocycles. The normalized spacial score (nSPS) is 24.7. The van der Waals surface area contributed by atoms with Crippen molar-refractivity contribution in [3.05, 3.63) is 0 Å². The van der Waals surface area contributed by atoms with Crippen LogP contribution in [0.5, 0.6) is 0 Å². The summed E-state index contributed by atoms with van der Waals surface area (Å²) in [7, 11) is 0. The third-order valence-corrected chi connectivity index (χ3v) is 2.82. The van der Waals surface area contributed by atoms with Crippen LogP contribution < -0.4 is 5.32 Å². The fourth-order valence-electron chi connectivity index (χ4n) is 1.89. The largest absolute Gasteiger partial charge is 0.460 e. The molecule has 0 aromatic rings. The first-order valence-corrected chi connectivity index (χ1v) is 5.84. The molecule has 0 aliphatic carbocycles. The van der Waals surface area contributed by atoms with Gasteiger partial charge in [0.15, 0.2) is 0 Å². The molecule has 1 aliphatic heterocycles. The van der Waals surface area contributed by atoms with Crippen LogP contribution in [0.3, 0.4) is 0 Å². The van der Waals surface area contributed by atoms with Gasteiger partial charge in [-0.2, -0.15) is 0 Å². The van der Waals surface area contributed by atoms with E-state index >= 15 is 0 Å². The first-order chi connectivity index (χ1) is 6.90. The van der Waals surface area contributed by atoms with E-state index in [0.29, 0.717) is 5.92 Å². The molecule has 15 heavy (non-hydrogen) atoms. The van der Waals surface area contributed by atoms with Gasteiger partial charge in [0.1, 0.15) is 5.60 Å². The van der Waals surface area contributed by atoms with Crippen molar-refractivity contribution in [3.63, 3.8) is 0 Å². The lowest BCUT2D eigenvalue weighted by atomic mass is 9.87. The smallest absolute Gasteiger partial charge is 0.309 e. The lowest BCUT2D eigenvalue weighted by molar-refractivity contribution is -0.161. The van der Waals surface area contributed by atoms with Gasteiger partial charge >= 0.3 is 5.97 Å². The van der Waals surface area contributed by atoms with Crippen molar-refractivity contribution in [2.45, 2.75) is 46.1 Å². The fraction of sp³-hybridized carbons (Fsp3) is 0.917. The average Bonchev–Trinajstić information content (AvgIpc) is 2.15. The molecular weight excluding hydrogens is 190 g/mol. The number of carbonyl (C=O) groups excluding carboxylic acids is 1. The summed E-state index contributed by atoms with van der Waals surface area (Å²) >= 11 is 0. The Bertz CT molecular complexity index is 214. The van der Waals surface area contributed by atoms with E-state index in [1.165, 1.54) is 0 Å². The van der Waals surface area contributed by atoms with E-state index < -0.39 is 0 Å². The first-order valence-electron chi connectivity index (χ1n) is 5.84. The van der Waals surface area contributed by atoms with Gasteiger partial charge in [0.25, 0.3) is 0 Å². The van der Waals surface area contributed by atoms with E-state index in [2.05, 4.69) is 5.32 Å². The molecule has 2 atom stereocenters. The zero-order valence-electron chi connectivity index (χ0n) is 10.3. The summed E-state index contributed by atoms with van der Waals surface area (Å²) in [5.74, 6) is 0.391. The minimum Gasteiger partial charge on any atom is -0.460 e. The van der Waals surface area contributed by atoms with Crippen LogP contribution in [0, 0.1) is 11.8 Å². The molecule has 1 fully saturated rings. The number of ether oxygens (including phenoxy) is 1. The highest BCUT2D eigenvalue weighted by Crippen LogP contribution is 2.22. The summed E-state index contributed by atoms with van der Waals surface area (Å²) in [6, 6.07) is 0. The number of hydrogen-bond donors (Lipinski definition) is 1. The molecule has 2 unspecified atom stereocenters. The Morgan fingerprint density at radius 3 is 2.60 bits per heavy atom. The second kappa shape index (κ2) is 4.97. The lowest BCUT2D eigenvalue weighted by Crippen LogP contribution is -2.38. The molecule has 0 spiro atoms. The van der Waals surface area contributed by atoms with E-state index in [1.807, 2.05) is 27.7 Å². The molecule has 0 amide bonds. The minimum absolute atomic E-state index is 0.0111. The highest BCUT2D eigenvalue weighted by molar-refractivity contribution is 5.72. The van der Waals surface area contributed by atoms with Crippen LogP contribution in [-0.4, -0.2) is 24.7 Å². The van der Waals surface area contributed by atoms with Crippen LogP contribution in [0.4, 0.5) is 0 Å². The van der Waals surface area contributed by atoms with Crippen molar-refractivity contribution < 1.29 is 9.53 Å². The summed E-state index contributed by atoms with van der Waals surface area (Å²) in [6.07, 6.45) is 2.30. The zero-order chi connectivity index (χ0) is 11.5. The second-order valence-corrected chi connectivity index (χ2v) is 5.43. The Morgan fingerprint density at radius 2 is 2.13 bits per heavy atom. The van der Waals surface area contributed by atoms with Crippen molar-refractivity contribution in [2.75, 3.05) is 13.1 Å². The van der Waals surface area contributed by atoms with Gasteiger partial charge in [0.05, 0.1) is 5.92 Å². The molecule has 0 saturated carbocycles. The van der Waals surface area contributed by atoms with E-state index in [9.17, 15) is 4.79 Å². The van der Waals surface area contributed by atoms with Gasteiger partial charge in [-0.15, -0.1) is 0 Å². The maximum absolute atomic E-state index is 11.8. The molecule has 1 saturated heterocycles. The highest BCUT2D eigenvalue weighted by Gasteiger charge is 2.29. The topological polar surface area (TPSA) is 38.3 Å². The molecule has 0 aromatic carbocycles. The number of rotatable bonds is 2. The fourth-order valence-corrected chi connectivity index (χ4v) is 1.89. The Labute approximate surface area is 92.6 Å². The maximum Gasteiger partial charge on any atom is 0.309 e. The van der Waals surface area contributed by atoms with Crippen LogP contribution >= 0.6 is 0 Å². The van der Waals surface area contributed by atoms with Crippen LogP contribution in [0.25, 0.3) is 0 Å². The van der Waals surface area contributed by atoms with Crippen LogP contribution in [0.2, 0.25) is 0 Å². The summed E-state index contributed by atoms with van der Waals surface area (Å²) < 4.78 is 5.39. The summed E-state index contributed by atoms with van der Waals surface area (Å²) in [6.45, 7) is 9.74. The number of hydrogen-bond acceptors (Lipinski definition) is 3. The molecule has 0 bridgehead atoms. The molecule has 3 nitrogen and oxygen atoms in total. The maximum atomic E-state index is 11.8. The predicted octanol–water partition coefficient (Wildman–Crippen LogP) is 1.96. The SMILES string of the molecule is CC(C(=O)OC(C)(C)C)C1CCCNC1. The summed E-state index contributed by atoms with van der Waals surface area (Å²) in [5.41, 5.74) is -0.368. The lowest BCUT2D eigenvalue weighted by Gasteiger charge is -2.29. The van der Waals surface area contributed by atoms with Gasteiger partial charge in [-0.3, -0.25) is 4.79 Å². The highest BCUT2D eigenvalue weighted by atomic mass is 16.6. The molecular formula is C12H23NO2. The molecule has 88 valence electrons. The van der Waals surface area contributed by atoms with Crippen molar-refractivity contribution >= 4 is 5.97 Å². The minimum atomic E-state index is -0.368. The number of carbonyl (C=O) groups is 1. The Balaban J connectivity index is 2.44. The van der Waals surface area contributed by atoms with Gasteiger partial charge in [-0.25, -0.2) is 0 Å². The van der Waals surface area contributed by atoms with Crippen molar-refractivity contribution in [3.8, 4) is 0 Å². The molecule has 1 rings (SSSR count). The number of esters is 1. The first kappa shape index (κ1) is 12.5. The third kappa shape index (κ3) is 4.20. The molecule has 1 N–H and O–H groups in total. The van der Waals surface area contributed by atoms with Crippen LogP contribution in [0.1, 0.15) is 40.5 Å². The average molecular weight is 213 g/mol. The van der Waals surface area contributed by atoms with Crippen LogP contribution in [0.15, 0.2) is 0 Å². The Morgan fingerprint density at radius 1 is 1.47 bits per heavy atom. The van der Waals surface area contributed by atoms with Crippen LogP contribution in [-0.2, 0) is 9.53 Å². The van der Waals surface area contributed by atoms with Crippen molar-refractivity contribution in [2.24, 2.45) is 11.8 Å². The van der Waals surface area contributed by atoms with Crippen molar-refractivity contribution in [1.29, 1.82) is 0 Å². The summed E-state index contributed by atoms with van der Waals surface area (Å²) in [4.78, 5) is 11.8. The van der Waals surface area contributed by atoms with Gasteiger partial charge in [0.2, 0.25) is 0 Å². The second-order valence-electron chi connectivity index (χ2n) is 5.43. The number of nitrogens with one attached hydrogen (secondary N) is 1. The zero-order valence-corrected chi connectivity index (χ0v) is 10.3. The van der Waals surface area contributed by atoms with E-state index in [1.54, 1.807) is 0 Å². The van der Waals surface area contributed by atoms with E-state index in [4.69, 9.17) is 4.74 Å². The number of piperidine rings is 1. The Hall–Kier alpha value is -0.570. The molecule has 1 aliphatic rings. The Kier molecular flexibility index (Phi) is 4.14. The van der Waals surface area contributed by atoms with Gasteiger partial charge in [-0.1, -0.05) is 6.92 Å². The van der Waals surface area contributed by atoms with Gasteiger partial charge < -0.3 is 10.1 Å². The molecule has 0 radical (unpaired) electrons. The standard InChI is InChI=1S/C12H23NO2/c1-9(10-6-5-7-13-8-10)11(14)15-12(2,3)4/h9-10,13H,5-8H2,1-4H3. The van der Waals surface area contributed by atoms with Gasteiger partial charge in [0, 0.05) is 0 Å². The summed E-state index contributed by atoms with van der Waals surface area (Å²) in [5, 5.41) is 3.33. The van der Waals surface area contributed by atoms with E-state index in [-0.39, 0.29) is 17.5 Å². The monoisotopic (exact) mass is 213 g/mol. The predicted molar refractivity (Wildman–Crippen MR) is 60.6 cm³/mol.